The van der Waals surface area contributed by atoms with Gasteiger partial charge in [0.2, 0.25) is 0 Å². The summed E-state index contributed by atoms with van der Waals surface area (Å²) in [6, 6.07) is 7.88. The number of aromatic nitrogens is 2. The van der Waals surface area contributed by atoms with Crippen LogP contribution in [0.5, 0.6) is 0 Å². The molecule has 0 saturated carbocycles. The molecule has 0 aliphatic carbocycles. The quantitative estimate of drug-likeness (QED) is 0.906. The number of H-pyrrole nitrogens is 1. The number of benzene rings is 1. The second-order valence-electron chi connectivity index (χ2n) is 7.79. The van der Waals surface area contributed by atoms with Gasteiger partial charge in [0.1, 0.15) is 0 Å². The number of nitrogens with zero attached hydrogens (tertiary/aromatic N) is 4. The highest BCUT2D eigenvalue weighted by atomic mass is 16.2. The Labute approximate surface area is 161 Å². The predicted molar refractivity (Wildman–Crippen MR) is 107 cm³/mol. The summed E-state index contributed by atoms with van der Waals surface area (Å²) in [4.78, 5) is 27.8. The molecule has 27 heavy (non-hydrogen) atoms. The molecular formula is C21H29N5O. The van der Waals surface area contributed by atoms with Crippen molar-refractivity contribution in [2.75, 3.05) is 45.2 Å². The first-order valence-electron chi connectivity index (χ1n) is 9.90. The molecule has 2 aliphatic heterocycles. The number of amides is 1. The Morgan fingerprint density at radius 2 is 1.96 bits per heavy atom. The van der Waals surface area contributed by atoms with E-state index in [0.29, 0.717) is 0 Å². The maximum absolute atomic E-state index is 13.2. The Morgan fingerprint density at radius 1 is 1.22 bits per heavy atom. The molecular weight excluding hydrogens is 338 g/mol. The third-order valence-electron chi connectivity index (χ3n) is 6.27. The van der Waals surface area contributed by atoms with Crippen molar-refractivity contribution in [2.24, 2.45) is 0 Å². The van der Waals surface area contributed by atoms with E-state index in [4.69, 9.17) is 0 Å². The fourth-order valence-electron chi connectivity index (χ4n) is 4.83. The van der Waals surface area contributed by atoms with Crippen molar-refractivity contribution in [3.8, 4) is 0 Å². The summed E-state index contributed by atoms with van der Waals surface area (Å²) in [7, 11) is 3.97. The van der Waals surface area contributed by atoms with Crippen molar-refractivity contribution in [1.29, 1.82) is 0 Å². The molecule has 6 nitrogen and oxygen atoms in total. The predicted octanol–water partition coefficient (Wildman–Crippen LogP) is 2.49. The minimum atomic E-state index is -0.0276. The molecule has 0 unspecified atom stereocenters. The molecule has 1 amide bonds. The van der Waals surface area contributed by atoms with Crippen molar-refractivity contribution in [1.82, 2.24) is 19.8 Å². The van der Waals surface area contributed by atoms with E-state index >= 15 is 0 Å². The van der Waals surface area contributed by atoms with Gasteiger partial charge in [0, 0.05) is 51.5 Å². The van der Waals surface area contributed by atoms with Gasteiger partial charge in [-0.05, 0) is 31.5 Å². The Kier molecular flexibility index (Phi) is 4.68. The summed E-state index contributed by atoms with van der Waals surface area (Å²) in [5.41, 5.74) is 4.22. The van der Waals surface area contributed by atoms with Gasteiger partial charge in [-0.3, -0.25) is 9.69 Å². The SMILES string of the molecule is CCN1CCc2[nH]cnc2C12CCN(C(=O)c1ccccc1N(C)C)CC2. The fourth-order valence-corrected chi connectivity index (χ4v) is 4.83. The number of hydrogen-bond acceptors (Lipinski definition) is 4. The maximum atomic E-state index is 13.2. The Bertz CT molecular complexity index is 819. The molecule has 6 heteroatoms. The Hall–Kier alpha value is -2.34. The smallest absolute Gasteiger partial charge is 0.255 e. The lowest BCUT2D eigenvalue weighted by Crippen LogP contribution is -2.57. The lowest BCUT2D eigenvalue weighted by Gasteiger charge is -2.50. The van der Waals surface area contributed by atoms with E-state index < -0.39 is 0 Å². The van der Waals surface area contributed by atoms with E-state index in [1.54, 1.807) is 0 Å². The number of rotatable bonds is 3. The molecule has 1 aromatic heterocycles. The molecule has 3 heterocycles. The number of aromatic amines is 1. The van der Waals surface area contributed by atoms with E-state index in [2.05, 4.69) is 21.8 Å². The largest absolute Gasteiger partial charge is 0.377 e. The van der Waals surface area contributed by atoms with E-state index in [1.807, 2.05) is 54.5 Å². The van der Waals surface area contributed by atoms with Crippen molar-refractivity contribution in [3.63, 3.8) is 0 Å². The number of piperidine rings is 1. The number of nitrogens with one attached hydrogen (secondary N) is 1. The molecule has 144 valence electrons. The van der Waals surface area contributed by atoms with Crippen molar-refractivity contribution in [2.45, 2.75) is 31.7 Å². The lowest BCUT2D eigenvalue weighted by molar-refractivity contribution is 0.0103. The summed E-state index contributed by atoms with van der Waals surface area (Å²) in [6.45, 7) is 5.84. The summed E-state index contributed by atoms with van der Waals surface area (Å²) < 4.78 is 0. The van der Waals surface area contributed by atoms with Gasteiger partial charge in [0.25, 0.3) is 5.91 Å². The van der Waals surface area contributed by atoms with Crippen LogP contribution < -0.4 is 4.90 Å². The van der Waals surface area contributed by atoms with Crippen LogP contribution >= 0.6 is 0 Å². The van der Waals surface area contributed by atoms with Gasteiger partial charge in [0.15, 0.2) is 0 Å². The highest BCUT2D eigenvalue weighted by molar-refractivity contribution is 5.99. The van der Waals surface area contributed by atoms with Crippen LogP contribution in [0.4, 0.5) is 5.69 Å². The van der Waals surface area contributed by atoms with Crippen LogP contribution in [0.2, 0.25) is 0 Å². The summed E-state index contributed by atoms with van der Waals surface area (Å²) in [6.07, 6.45) is 4.74. The van der Waals surface area contributed by atoms with Gasteiger partial charge in [-0.25, -0.2) is 4.98 Å². The summed E-state index contributed by atoms with van der Waals surface area (Å²) in [5.74, 6) is 0.134. The minimum Gasteiger partial charge on any atom is -0.377 e. The number of carbonyl (C=O) groups excluding carboxylic acids is 1. The number of para-hydroxylation sites is 1. The van der Waals surface area contributed by atoms with Crippen LogP contribution in [0, 0.1) is 0 Å². The molecule has 2 aromatic rings. The first-order valence-corrected chi connectivity index (χ1v) is 9.90. The van der Waals surface area contributed by atoms with Crippen molar-refractivity contribution in [3.05, 3.63) is 47.5 Å². The maximum Gasteiger partial charge on any atom is 0.255 e. The number of hydrogen-bond donors (Lipinski definition) is 1. The van der Waals surface area contributed by atoms with Crippen molar-refractivity contribution < 1.29 is 4.79 Å². The zero-order valence-electron chi connectivity index (χ0n) is 16.5. The average molecular weight is 367 g/mol. The standard InChI is InChI=1S/C21H29N5O/c1-4-26-12-9-17-19(23-15-22-17)21(26)10-13-25(14-11-21)20(27)16-7-5-6-8-18(16)24(2)3/h5-8,15H,4,9-14H2,1-3H3,(H,22,23). The zero-order valence-corrected chi connectivity index (χ0v) is 16.5. The zero-order chi connectivity index (χ0) is 19.0. The van der Waals surface area contributed by atoms with Gasteiger partial charge in [-0.2, -0.15) is 0 Å². The monoisotopic (exact) mass is 367 g/mol. The van der Waals surface area contributed by atoms with Crippen LogP contribution in [0.25, 0.3) is 0 Å². The van der Waals surface area contributed by atoms with Crippen LogP contribution in [0.3, 0.4) is 0 Å². The third kappa shape index (κ3) is 2.92. The number of fused-ring (bicyclic) bond motifs is 2. The van der Waals surface area contributed by atoms with Gasteiger partial charge in [-0.1, -0.05) is 19.1 Å². The molecule has 1 spiro atoms. The number of likely N-dealkylation sites (N-methyl/N-ethyl adjacent to an activating group) is 1. The first kappa shape index (κ1) is 18.0. The van der Waals surface area contributed by atoms with E-state index in [0.717, 1.165) is 56.7 Å². The van der Waals surface area contributed by atoms with Crippen LogP contribution in [0.15, 0.2) is 30.6 Å². The average Bonchev–Trinajstić information content (AvgIpc) is 3.18. The number of imidazole rings is 1. The topological polar surface area (TPSA) is 55.5 Å². The van der Waals surface area contributed by atoms with E-state index in [9.17, 15) is 4.79 Å². The molecule has 4 rings (SSSR count). The summed E-state index contributed by atoms with van der Waals surface area (Å²) >= 11 is 0. The Morgan fingerprint density at radius 3 is 2.67 bits per heavy atom. The number of carbonyl (C=O) groups is 1. The molecule has 0 atom stereocenters. The van der Waals surface area contributed by atoms with Crippen LogP contribution in [-0.2, 0) is 12.0 Å². The Balaban J connectivity index is 1.57. The van der Waals surface area contributed by atoms with Gasteiger partial charge >= 0.3 is 0 Å². The second-order valence-corrected chi connectivity index (χ2v) is 7.79. The molecule has 0 bridgehead atoms. The highest BCUT2D eigenvalue weighted by Crippen LogP contribution is 2.42. The van der Waals surface area contributed by atoms with Crippen LogP contribution in [-0.4, -0.2) is 65.9 Å². The van der Waals surface area contributed by atoms with Gasteiger partial charge in [-0.15, -0.1) is 0 Å². The fraction of sp³-hybridized carbons (Fsp3) is 0.524. The summed E-state index contributed by atoms with van der Waals surface area (Å²) in [5, 5.41) is 0. The third-order valence-corrected chi connectivity index (χ3v) is 6.27. The highest BCUT2D eigenvalue weighted by Gasteiger charge is 2.46. The van der Waals surface area contributed by atoms with Gasteiger partial charge in [0.05, 0.1) is 23.1 Å². The normalized spacial score (nSPS) is 19.1. The molecule has 1 fully saturated rings. The van der Waals surface area contributed by atoms with Crippen LogP contribution in [0.1, 0.15) is 41.5 Å². The molecule has 1 aromatic carbocycles. The number of anilines is 1. The molecule has 2 aliphatic rings. The first-order chi connectivity index (χ1) is 13.1. The molecule has 1 N–H and O–H groups in total. The van der Waals surface area contributed by atoms with Gasteiger partial charge < -0.3 is 14.8 Å². The molecule has 0 radical (unpaired) electrons. The van der Waals surface area contributed by atoms with E-state index in [1.165, 1.54) is 11.4 Å². The van der Waals surface area contributed by atoms with Crippen molar-refractivity contribution >= 4 is 11.6 Å². The molecule has 1 saturated heterocycles. The minimum absolute atomic E-state index is 0.0276. The number of likely N-dealkylation sites (tertiary alicyclic amines) is 1. The lowest BCUT2D eigenvalue weighted by atomic mass is 9.78. The second kappa shape index (κ2) is 7.00. The van der Waals surface area contributed by atoms with E-state index in [-0.39, 0.29) is 11.4 Å².